The number of ether oxygens (including phenoxy) is 1. The fraction of sp³-hybridized carbons (Fsp3) is 0.0500. The number of hydrogen-bond acceptors (Lipinski definition) is 4. The van der Waals surface area contributed by atoms with Crippen molar-refractivity contribution in [3.05, 3.63) is 182 Å². The van der Waals surface area contributed by atoms with Crippen molar-refractivity contribution in [1.82, 2.24) is 0 Å². The van der Waals surface area contributed by atoms with Crippen molar-refractivity contribution in [3.63, 3.8) is 0 Å². The monoisotopic (exact) mass is 960 g/mol. The predicted molar refractivity (Wildman–Crippen MR) is 183 cm³/mol. The summed E-state index contributed by atoms with van der Waals surface area (Å²) in [5.41, 5.74) is -13.5. The third kappa shape index (κ3) is 8.01. The van der Waals surface area contributed by atoms with Gasteiger partial charge in [-0.15, -0.1) is 21.9 Å². The Hall–Kier alpha value is -7.46. The minimum atomic E-state index is -7.22. The normalized spacial score (nSPS) is 11.3. The molecule has 1 heterocycles. The molecule has 0 bridgehead atoms. The molecule has 0 atom stereocenters. The average molecular weight is 960 g/mol. The molecule has 5 nitrogen and oxygen atoms in total. The first-order chi connectivity index (χ1) is 30.9. The van der Waals surface area contributed by atoms with Gasteiger partial charge in [0.2, 0.25) is 12.3 Å². The van der Waals surface area contributed by atoms with Gasteiger partial charge in [0.15, 0.2) is 82.6 Å². The van der Waals surface area contributed by atoms with Crippen LogP contribution in [0.25, 0.3) is 0 Å². The molecule has 0 saturated carbocycles. The molecule has 0 unspecified atom stereocenters. The molecule has 0 aliphatic rings. The van der Waals surface area contributed by atoms with Gasteiger partial charge in [0, 0.05) is 17.7 Å². The summed E-state index contributed by atoms with van der Waals surface area (Å²) in [6.45, 7) is -0.289. The molecule has 1 aromatic heterocycles. The lowest BCUT2D eigenvalue weighted by molar-refractivity contribution is -0.685. The zero-order valence-corrected chi connectivity index (χ0v) is 31.4. The number of pyridine rings is 1. The Bertz CT molecular complexity index is 2640. The number of benzene rings is 5. The zero-order valence-electron chi connectivity index (χ0n) is 31.4. The summed E-state index contributed by atoms with van der Waals surface area (Å²) in [6, 6.07) is 15.5. The van der Waals surface area contributed by atoms with Crippen molar-refractivity contribution in [3.8, 4) is 6.07 Å². The molecule has 0 aliphatic carbocycles. The zero-order chi connectivity index (χ0) is 49.4. The molecule has 0 radical (unpaired) electrons. The van der Waals surface area contributed by atoms with Crippen molar-refractivity contribution < 1.29 is 107 Å². The van der Waals surface area contributed by atoms with E-state index in [1.165, 1.54) is 4.57 Å². The van der Waals surface area contributed by atoms with Crippen LogP contribution in [0, 0.1) is 128 Å². The van der Waals surface area contributed by atoms with Gasteiger partial charge in [-0.2, -0.15) is 9.83 Å². The van der Waals surface area contributed by atoms with Crippen molar-refractivity contribution in [2.75, 3.05) is 6.61 Å². The molecule has 6 aromatic rings. The smallest absolute Gasteiger partial charge is 0.404 e. The molecule has 5 aromatic carbocycles. The van der Waals surface area contributed by atoms with Gasteiger partial charge in [-0.1, -0.05) is 30.3 Å². The number of aromatic nitrogens is 1. The van der Waals surface area contributed by atoms with E-state index in [0.717, 1.165) is 0 Å². The lowest BCUT2D eigenvalue weighted by Gasteiger charge is -2.44. The number of esters is 1. The Labute approximate surface area is 353 Å². The second-order valence-corrected chi connectivity index (χ2v) is 13.0. The number of halogens is 20. The highest BCUT2D eigenvalue weighted by Crippen LogP contribution is 2.30. The number of carbonyl (C=O) groups is 2. The summed E-state index contributed by atoms with van der Waals surface area (Å²) < 4.78 is 300. The van der Waals surface area contributed by atoms with Crippen LogP contribution in [0.1, 0.15) is 20.8 Å². The first-order valence-electron chi connectivity index (χ1n) is 17.3. The maximum atomic E-state index is 15.4. The largest absolute Gasteiger partial charge is 0.442 e. The standard InChI is InChI=1S/C24BF20.C16H13N2O3/c26-5-1(6(27)14(35)21(42)13(5)34)25(2-7(28)15(36)22(43)16(37)8(2)29,3-9(30)17(38)23(44)18(39)10(3)31)4-11(32)19(40)24(45)20(41)12(4)33;17-9-11-21-16(20)14-8-4-5-10-18(14)12-15(19)13-6-2-1-3-7-13/h;1-8,10H,11-12H2/q-1;+1. The molecule has 0 N–H and O–H groups in total. The Balaban J connectivity index is 0.000000324. The quantitative estimate of drug-likeness (QED) is 0.0289. The fourth-order valence-electron chi connectivity index (χ4n) is 6.72. The van der Waals surface area contributed by atoms with E-state index in [9.17, 15) is 62.3 Å². The number of nitrogens with zero attached hydrogens (tertiary/aromatic N) is 2. The van der Waals surface area contributed by atoms with Gasteiger partial charge in [0.1, 0.15) is 58.8 Å². The minimum absolute atomic E-state index is 0.0296. The lowest BCUT2D eigenvalue weighted by atomic mass is 9.12. The van der Waals surface area contributed by atoms with E-state index in [1.807, 2.05) is 6.07 Å². The highest BCUT2D eigenvalue weighted by Gasteiger charge is 2.52. The SMILES string of the molecule is Fc1c(F)c(F)c([B-](c2c(F)c(F)c(F)c(F)c2F)(c2c(F)c(F)c(F)c(F)c2F)c2c(F)c(F)c(F)c(F)c2F)c(F)c1F.N#CCOC(=O)c1cccc[n+]1CC(=O)c1ccccc1. The van der Waals surface area contributed by atoms with Gasteiger partial charge in [-0.25, -0.2) is 92.6 Å². The molecule has 0 fully saturated rings. The number of carbonyl (C=O) groups excluding carboxylic acids is 2. The topological polar surface area (TPSA) is 71.0 Å². The molecule has 0 saturated heterocycles. The maximum Gasteiger partial charge on any atom is 0.404 e. The molecule has 0 aliphatic heterocycles. The average Bonchev–Trinajstić information content (AvgIpc) is 3.31. The summed E-state index contributed by atoms with van der Waals surface area (Å²) in [5.74, 6) is -72.1. The Morgan fingerprint density at radius 2 is 0.727 bits per heavy atom. The van der Waals surface area contributed by atoms with Crippen LogP contribution in [0.3, 0.4) is 0 Å². The lowest BCUT2D eigenvalue weighted by Crippen LogP contribution is -2.81. The highest BCUT2D eigenvalue weighted by molar-refractivity contribution is 7.20. The van der Waals surface area contributed by atoms with Crippen molar-refractivity contribution in [2.24, 2.45) is 0 Å². The number of Topliss-reactive ketones (excluding diaryl/α,β-unsaturated/α-hetero) is 1. The van der Waals surface area contributed by atoms with E-state index in [1.54, 1.807) is 54.7 Å². The van der Waals surface area contributed by atoms with Gasteiger partial charge >= 0.3 is 5.97 Å². The van der Waals surface area contributed by atoms with E-state index >= 15 is 35.1 Å². The summed E-state index contributed by atoms with van der Waals surface area (Å²) >= 11 is 0. The van der Waals surface area contributed by atoms with Crippen LogP contribution in [-0.2, 0) is 11.3 Å². The summed E-state index contributed by atoms with van der Waals surface area (Å²) in [6.07, 6.45) is -5.59. The second-order valence-electron chi connectivity index (χ2n) is 13.0. The molecule has 344 valence electrons. The molecule has 6 rings (SSSR count). The van der Waals surface area contributed by atoms with Crippen molar-refractivity contribution >= 4 is 39.7 Å². The minimum Gasteiger partial charge on any atom is -0.442 e. The van der Waals surface area contributed by atoms with E-state index < -0.39 is 150 Å². The third-order valence-electron chi connectivity index (χ3n) is 9.53. The van der Waals surface area contributed by atoms with E-state index in [0.29, 0.717) is 5.56 Å². The molecule has 0 spiro atoms. The predicted octanol–water partition coefficient (Wildman–Crippen LogP) is 7.38. The Morgan fingerprint density at radius 1 is 0.439 bits per heavy atom. The molecule has 66 heavy (non-hydrogen) atoms. The first kappa shape index (κ1) is 49.6. The van der Waals surface area contributed by atoms with Gasteiger partial charge in [0.25, 0.3) is 5.69 Å². The van der Waals surface area contributed by atoms with Crippen LogP contribution >= 0.6 is 0 Å². The number of rotatable bonds is 9. The van der Waals surface area contributed by atoms with Crippen LogP contribution < -0.4 is 26.4 Å². The van der Waals surface area contributed by atoms with Gasteiger partial charge < -0.3 is 4.74 Å². The molecular formula is C40H13BF20N2O3. The number of ketones is 1. The second kappa shape index (κ2) is 18.9. The van der Waals surface area contributed by atoms with Crippen LogP contribution in [-0.4, -0.2) is 24.5 Å². The van der Waals surface area contributed by atoms with Crippen LogP contribution in [0.2, 0.25) is 0 Å². The molecule has 0 amide bonds. The van der Waals surface area contributed by atoms with E-state index in [2.05, 4.69) is 0 Å². The van der Waals surface area contributed by atoms with Crippen LogP contribution in [0.4, 0.5) is 87.8 Å². The molecular weight excluding hydrogens is 947 g/mol. The van der Waals surface area contributed by atoms with E-state index in [4.69, 9.17) is 10.00 Å². The number of hydrogen-bond donors (Lipinski definition) is 0. The Kier molecular flexibility index (Phi) is 14.2. The van der Waals surface area contributed by atoms with E-state index in [-0.39, 0.29) is 24.6 Å². The molecule has 26 heteroatoms. The highest BCUT2D eigenvalue weighted by atomic mass is 19.2. The van der Waals surface area contributed by atoms with Crippen LogP contribution in [0.5, 0.6) is 0 Å². The maximum absolute atomic E-state index is 15.4. The summed E-state index contributed by atoms with van der Waals surface area (Å²) in [7, 11) is 0. The third-order valence-corrected chi connectivity index (χ3v) is 9.53. The summed E-state index contributed by atoms with van der Waals surface area (Å²) in [4.78, 5) is 24.0. The van der Waals surface area contributed by atoms with Gasteiger partial charge in [0.05, 0.1) is 0 Å². The fourth-order valence-corrected chi connectivity index (χ4v) is 6.72. The van der Waals surface area contributed by atoms with Gasteiger partial charge in [-0.05, 0) is 6.07 Å². The summed E-state index contributed by atoms with van der Waals surface area (Å²) in [5, 5.41) is 8.44. The van der Waals surface area contributed by atoms with Crippen LogP contribution in [0.15, 0.2) is 54.7 Å². The number of nitriles is 1. The van der Waals surface area contributed by atoms with Crippen molar-refractivity contribution in [2.45, 2.75) is 6.54 Å². The Morgan fingerprint density at radius 3 is 1.03 bits per heavy atom. The first-order valence-corrected chi connectivity index (χ1v) is 17.3. The van der Waals surface area contributed by atoms with Crippen molar-refractivity contribution in [1.29, 1.82) is 5.26 Å². The van der Waals surface area contributed by atoms with Gasteiger partial charge in [-0.3, -0.25) is 4.79 Å².